The molecule has 19 heavy (non-hydrogen) atoms. The largest absolute Gasteiger partial charge is 0.466 e. The van der Waals surface area contributed by atoms with Gasteiger partial charge in [0.1, 0.15) is 0 Å². The lowest BCUT2D eigenvalue weighted by atomic mass is 9.81. The molecule has 0 spiro atoms. The van der Waals surface area contributed by atoms with E-state index in [4.69, 9.17) is 0 Å². The van der Waals surface area contributed by atoms with Gasteiger partial charge < -0.3 is 19.7 Å². The number of rotatable bonds is 4. The van der Waals surface area contributed by atoms with Crippen LogP contribution in [-0.4, -0.2) is 48.6 Å². The SMILES string of the molecule is C=C(C[C@@H]1CC(C(=O)OC)=C[C@@H](O)[C@H]1O)C(=O)OC. The number of hydrogen-bond donors (Lipinski definition) is 2. The first kappa shape index (κ1) is 15.4. The Morgan fingerprint density at radius 1 is 1.37 bits per heavy atom. The lowest BCUT2D eigenvalue weighted by Gasteiger charge is -2.30. The third-order valence-corrected chi connectivity index (χ3v) is 3.12. The van der Waals surface area contributed by atoms with Crippen molar-refractivity contribution < 1.29 is 29.3 Å². The van der Waals surface area contributed by atoms with Crippen LogP contribution in [-0.2, 0) is 19.1 Å². The monoisotopic (exact) mass is 270 g/mol. The quantitative estimate of drug-likeness (QED) is 0.549. The lowest BCUT2D eigenvalue weighted by Crippen LogP contribution is -2.38. The number of ether oxygens (including phenoxy) is 2. The Hall–Kier alpha value is -1.66. The summed E-state index contributed by atoms with van der Waals surface area (Å²) >= 11 is 0. The summed E-state index contributed by atoms with van der Waals surface area (Å²) in [6.45, 7) is 3.57. The highest BCUT2D eigenvalue weighted by atomic mass is 16.5. The molecule has 106 valence electrons. The first-order valence-electron chi connectivity index (χ1n) is 5.82. The third-order valence-electron chi connectivity index (χ3n) is 3.12. The number of methoxy groups -OCH3 is 2. The van der Waals surface area contributed by atoms with E-state index in [0.29, 0.717) is 0 Å². The van der Waals surface area contributed by atoms with Gasteiger partial charge in [0.05, 0.1) is 26.4 Å². The predicted octanol–water partition coefficient (Wildman–Crippen LogP) is -0.0532. The van der Waals surface area contributed by atoms with Crippen molar-refractivity contribution in [2.24, 2.45) is 5.92 Å². The second kappa shape index (κ2) is 6.49. The molecule has 0 unspecified atom stereocenters. The molecule has 3 atom stereocenters. The molecule has 0 aromatic carbocycles. The molecule has 1 rings (SSSR count). The molecule has 1 aliphatic carbocycles. The van der Waals surface area contributed by atoms with Crippen molar-refractivity contribution in [2.45, 2.75) is 25.0 Å². The number of esters is 2. The van der Waals surface area contributed by atoms with Crippen LogP contribution in [0.25, 0.3) is 0 Å². The minimum absolute atomic E-state index is 0.138. The molecule has 0 fully saturated rings. The predicted molar refractivity (Wildman–Crippen MR) is 66.0 cm³/mol. The van der Waals surface area contributed by atoms with E-state index in [1.165, 1.54) is 20.3 Å². The van der Waals surface area contributed by atoms with Crippen molar-refractivity contribution in [2.75, 3.05) is 14.2 Å². The fourth-order valence-electron chi connectivity index (χ4n) is 2.07. The van der Waals surface area contributed by atoms with Gasteiger partial charge in [-0.05, 0) is 24.8 Å². The smallest absolute Gasteiger partial charge is 0.333 e. The summed E-state index contributed by atoms with van der Waals surface area (Å²) in [6, 6.07) is 0. The van der Waals surface area contributed by atoms with Crippen LogP contribution in [0.2, 0.25) is 0 Å². The van der Waals surface area contributed by atoms with E-state index in [9.17, 15) is 19.8 Å². The van der Waals surface area contributed by atoms with Gasteiger partial charge in [-0.15, -0.1) is 0 Å². The highest BCUT2D eigenvalue weighted by Gasteiger charge is 2.34. The summed E-state index contributed by atoms with van der Waals surface area (Å²) in [7, 11) is 2.47. The second-order valence-corrected chi connectivity index (χ2v) is 4.43. The molecule has 0 saturated heterocycles. The fraction of sp³-hybridized carbons (Fsp3) is 0.538. The molecule has 2 N–H and O–H groups in total. The molecule has 0 aliphatic heterocycles. The zero-order chi connectivity index (χ0) is 14.6. The van der Waals surface area contributed by atoms with Gasteiger partial charge in [0.15, 0.2) is 0 Å². The number of aliphatic hydroxyl groups is 2. The normalized spacial score (nSPS) is 26.3. The van der Waals surface area contributed by atoms with Gasteiger partial charge in [0.2, 0.25) is 0 Å². The molecule has 0 saturated carbocycles. The third kappa shape index (κ3) is 3.65. The average Bonchev–Trinajstić information content (AvgIpc) is 2.41. The Morgan fingerprint density at radius 3 is 2.53 bits per heavy atom. The maximum atomic E-state index is 11.4. The van der Waals surface area contributed by atoms with Crippen molar-refractivity contribution in [3.8, 4) is 0 Å². The van der Waals surface area contributed by atoms with Crippen LogP contribution in [0.1, 0.15) is 12.8 Å². The first-order chi connectivity index (χ1) is 8.90. The second-order valence-electron chi connectivity index (χ2n) is 4.43. The molecule has 0 bridgehead atoms. The van der Waals surface area contributed by atoms with E-state index in [0.717, 1.165) is 0 Å². The van der Waals surface area contributed by atoms with Crippen LogP contribution in [0, 0.1) is 5.92 Å². The molecule has 6 heteroatoms. The van der Waals surface area contributed by atoms with Crippen LogP contribution in [0.4, 0.5) is 0 Å². The Morgan fingerprint density at radius 2 is 2.00 bits per heavy atom. The minimum Gasteiger partial charge on any atom is -0.466 e. The first-order valence-corrected chi connectivity index (χ1v) is 5.82. The van der Waals surface area contributed by atoms with E-state index in [-0.39, 0.29) is 24.0 Å². The minimum atomic E-state index is -1.17. The van der Waals surface area contributed by atoms with Gasteiger partial charge in [0.25, 0.3) is 0 Å². The summed E-state index contributed by atoms with van der Waals surface area (Å²) in [5, 5.41) is 19.6. The number of carbonyl (C=O) groups is 2. The Bertz CT molecular complexity index is 411. The maximum absolute atomic E-state index is 11.4. The van der Waals surface area contributed by atoms with E-state index in [1.807, 2.05) is 0 Å². The van der Waals surface area contributed by atoms with Gasteiger partial charge in [-0.25, -0.2) is 9.59 Å². The van der Waals surface area contributed by atoms with Crippen molar-refractivity contribution in [3.05, 3.63) is 23.8 Å². The summed E-state index contributed by atoms with van der Waals surface area (Å²) in [5.41, 5.74) is 0.466. The maximum Gasteiger partial charge on any atom is 0.333 e. The Labute approximate surface area is 111 Å². The summed E-state index contributed by atoms with van der Waals surface area (Å²) < 4.78 is 9.10. The number of aliphatic hydroxyl groups excluding tert-OH is 2. The molecule has 0 amide bonds. The van der Waals surface area contributed by atoms with Crippen molar-refractivity contribution in [3.63, 3.8) is 0 Å². The highest BCUT2D eigenvalue weighted by molar-refractivity contribution is 5.89. The van der Waals surface area contributed by atoms with Crippen LogP contribution < -0.4 is 0 Å². The van der Waals surface area contributed by atoms with Gasteiger partial charge in [-0.2, -0.15) is 0 Å². The standard InChI is InChI=1S/C13H18O6/c1-7(12(16)18-2)4-8-5-9(13(17)19-3)6-10(14)11(8)15/h6,8,10-11,14-15H,1,4-5H2,2-3H3/t8-,10-,11+/m1/s1. The van der Waals surface area contributed by atoms with Crippen LogP contribution in [0.3, 0.4) is 0 Å². The Kier molecular flexibility index (Phi) is 5.26. The summed E-state index contributed by atoms with van der Waals surface area (Å²) in [4.78, 5) is 22.7. The van der Waals surface area contributed by atoms with E-state index in [2.05, 4.69) is 16.1 Å². The van der Waals surface area contributed by atoms with Gasteiger partial charge >= 0.3 is 11.9 Å². The van der Waals surface area contributed by atoms with E-state index in [1.54, 1.807) is 0 Å². The summed E-state index contributed by atoms with van der Waals surface area (Å²) in [5.74, 6) is -1.61. The lowest BCUT2D eigenvalue weighted by molar-refractivity contribution is -0.137. The molecular formula is C13H18O6. The van der Waals surface area contributed by atoms with E-state index < -0.39 is 30.1 Å². The molecular weight excluding hydrogens is 252 g/mol. The van der Waals surface area contributed by atoms with Gasteiger partial charge in [0, 0.05) is 11.1 Å². The number of carbonyl (C=O) groups excluding carboxylic acids is 2. The Balaban J connectivity index is 2.80. The highest BCUT2D eigenvalue weighted by Crippen LogP contribution is 2.30. The molecule has 1 aliphatic rings. The van der Waals surface area contributed by atoms with Crippen LogP contribution in [0.5, 0.6) is 0 Å². The molecule has 0 aromatic heterocycles. The number of hydrogen-bond acceptors (Lipinski definition) is 6. The molecule has 0 heterocycles. The zero-order valence-electron chi connectivity index (χ0n) is 11.0. The van der Waals surface area contributed by atoms with E-state index >= 15 is 0 Å². The van der Waals surface area contributed by atoms with Gasteiger partial charge in [-0.1, -0.05) is 6.58 Å². The van der Waals surface area contributed by atoms with Gasteiger partial charge in [-0.3, -0.25) is 0 Å². The summed E-state index contributed by atoms with van der Waals surface area (Å²) in [6.07, 6.45) is -0.610. The fourth-order valence-corrected chi connectivity index (χ4v) is 2.07. The average molecular weight is 270 g/mol. The zero-order valence-corrected chi connectivity index (χ0v) is 11.0. The molecule has 0 aromatic rings. The molecule has 6 nitrogen and oxygen atoms in total. The molecule has 0 radical (unpaired) electrons. The van der Waals surface area contributed by atoms with Crippen molar-refractivity contribution in [1.29, 1.82) is 0 Å². The van der Waals surface area contributed by atoms with Crippen LogP contribution in [0.15, 0.2) is 23.8 Å². The van der Waals surface area contributed by atoms with Crippen molar-refractivity contribution >= 4 is 11.9 Å². The topological polar surface area (TPSA) is 93.1 Å². The van der Waals surface area contributed by atoms with Crippen LogP contribution >= 0.6 is 0 Å². The van der Waals surface area contributed by atoms with Crippen molar-refractivity contribution in [1.82, 2.24) is 0 Å².